The van der Waals surface area contributed by atoms with Crippen molar-refractivity contribution in [2.45, 2.75) is 26.1 Å². The summed E-state index contributed by atoms with van der Waals surface area (Å²) in [7, 11) is 1.26. The van der Waals surface area contributed by atoms with Crippen LogP contribution in [0, 0.1) is 5.82 Å². The highest BCUT2D eigenvalue weighted by Crippen LogP contribution is 2.39. The number of nitrogens with zero attached hydrogens (tertiary/aromatic N) is 2. The quantitative estimate of drug-likeness (QED) is 0.387. The number of halogens is 6. The van der Waals surface area contributed by atoms with E-state index in [4.69, 9.17) is 27.9 Å². The zero-order valence-corrected chi connectivity index (χ0v) is 14.9. The van der Waals surface area contributed by atoms with Crippen molar-refractivity contribution in [3.63, 3.8) is 0 Å². The third-order valence-corrected chi connectivity index (χ3v) is 3.88. The summed E-state index contributed by atoms with van der Waals surface area (Å²) in [6.45, 7) is -1.74. The van der Waals surface area contributed by atoms with Crippen molar-refractivity contribution in [1.29, 1.82) is 0 Å². The van der Waals surface area contributed by atoms with Gasteiger partial charge in [0.25, 0.3) is 0 Å². The minimum atomic E-state index is -3.17. The van der Waals surface area contributed by atoms with Gasteiger partial charge < -0.3 is 9.47 Å². The van der Waals surface area contributed by atoms with Crippen molar-refractivity contribution in [2.75, 3.05) is 0 Å². The molecule has 11 heteroatoms. The first-order chi connectivity index (χ1) is 12.1. The molecule has 0 aliphatic carbocycles. The molecule has 2 aromatic rings. The monoisotopic (exact) mass is 414 g/mol. The maximum absolute atomic E-state index is 14.3. The van der Waals surface area contributed by atoms with Crippen LogP contribution in [0.1, 0.15) is 13.3 Å². The lowest BCUT2D eigenvalue weighted by molar-refractivity contribution is -0.140. The molecular formula is C15H12Cl2F4N2O3. The van der Waals surface area contributed by atoms with Gasteiger partial charge in [0.15, 0.2) is 6.17 Å². The van der Waals surface area contributed by atoms with E-state index < -0.39 is 30.4 Å². The first kappa shape index (κ1) is 20.3. The molecular weight excluding hydrogens is 403 g/mol. The Morgan fingerprint density at radius 3 is 2.54 bits per heavy atom. The number of ether oxygens (including phenoxy) is 2. The lowest BCUT2D eigenvalue weighted by atomic mass is 10.1. The van der Waals surface area contributed by atoms with Gasteiger partial charge in [-0.15, -0.1) is 0 Å². The summed E-state index contributed by atoms with van der Waals surface area (Å²) in [6.07, 6.45) is -2.01. The number of carbonyl (C=O) groups excluding carboxylic acids is 1. The Hall–Kier alpha value is -2.00. The van der Waals surface area contributed by atoms with Gasteiger partial charge in [-0.1, -0.05) is 30.1 Å². The Morgan fingerprint density at radius 2 is 1.96 bits per heavy atom. The number of aryl methyl sites for hydroxylation is 1. The molecule has 142 valence electrons. The van der Waals surface area contributed by atoms with Crippen LogP contribution >= 0.6 is 23.2 Å². The van der Waals surface area contributed by atoms with E-state index >= 15 is 0 Å². The summed E-state index contributed by atoms with van der Waals surface area (Å²) in [5.74, 6) is -2.94. The van der Waals surface area contributed by atoms with Gasteiger partial charge in [-0.2, -0.15) is 13.9 Å². The van der Waals surface area contributed by atoms with E-state index in [1.54, 1.807) is 0 Å². The van der Waals surface area contributed by atoms with E-state index in [0.29, 0.717) is 0 Å². The Labute approximate surface area is 155 Å². The number of alkyl halides is 3. The lowest BCUT2D eigenvalue weighted by Crippen LogP contribution is -2.21. The minimum absolute atomic E-state index is 0.120. The third kappa shape index (κ3) is 4.21. The van der Waals surface area contributed by atoms with E-state index in [1.165, 1.54) is 14.0 Å². The molecule has 2 rings (SSSR count). The standard InChI is InChI=1S/C15H12Cl2F4N2O3/c1-3-8(18)14(24)25-10-4-6(9(19)5-7(10)16)12-11(17)13(23(2)22-12)26-15(20)21/h4-5,8,15H,3H2,1-2H3. The number of esters is 1. The Bertz CT molecular complexity index is 830. The predicted molar refractivity (Wildman–Crippen MR) is 86.1 cm³/mol. The van der Waals surface area contributed by atoms with Gasteiger partial charge in [0.05, 0.1) is 5.02 Å². The van der Waals surface area contributed by atoms with Crippen LogP contribution in [0.2, 0.25) is 10.0 Å². The summed E-state index contributed by atoms with van der Waals surface area (Å²) in [6, 6.07) is 1.77. The van der Waals surface area contributed by atoms with Crippen LogP contribution in [-0.4, -0.2) is 28.5 Å². The van der Waals surface area contributed by atoms with Gasteiger partial charge in [0, 0.05) is 12.6 Å². The minimum Gasteiger partial charge on any atom is -0.423 e. The normalized spacial score (nSPS) is 12.3. The second-order valence-electron chi connectivity index (χ2n) is 5.03. The fourth-order valence-electron chi connectivity index (χ4n) is 1.99. The summed E-state index contributed by atoms with van der Waals surface area (Å²) < 4.78 is 62.4. The number of carbonyl (C=O) groups is 1. The highest BCUT2D eigenvalue weighted by atomic mass is 35.5. The topological polar surface area (TPSA) is 53.3 Å². The van der Waals surface area contributed by atoms with Crippen LogP contribution in [0.4, 0.5) is 17.6 Å². The largest absolute Gasteiger partial charge is 0.423 e. The van der Waals surface area contributed by atoms with Crippen LogP contribution in [0.5, 0.6) is 11.6 Å². The van der Waals surface area contributed by atoms with Crippen LogP contribution < -0.4 is 9.47 Å². The number of aromatic nitrogens is 2. The highest BCUT2D eigenvalue weighted by molar-refractivity contribution is 6.34. The van der Waals surface area contributed by atoms with Crippen LogP contribution in [-0.2, 0) is 11.8 Å². The molecule has 0 saturated carbocycles. The van der Waals surface area contributed by atoms with E-state index in [1.807, 2.05) is 0 Å². The fourth-order valence-corrected chi connectivity index (χ4v) is 2.49. The van der Waals surface area contributed by atoms with Crippen molar-refractivity contribution in [2.24, 2.45) is 7.05 Å². The van der Waals surface area contributed by atoms with E-state index in [9.17, 15) is 22.4 Å². The molecule has 0 bridgehead atoms. The smallest absolute Gasteiger partial charge is 0.388 e. The predicted octanol–water partition coefficient (Wildman–Crippen LogP) is 4.79. The van der Waals surface area contributed by atoms with E-state index in [-0.39, 0.29) is 33.5 Å². The average molecular weight is 415 g/mol. The molecule has 1 atom stereocenters. The zero-order valence-electron chi connectivity index (χ0n) is 13.4. The van der Waals surface area contributed by atoms with Crippen molar-refractivity contribution >= 4 is 29.2 Å². The molecule has 0 spiro atoms. The van der Waals surface area contributed by atoms with Crippen molar-refractivity contribution in [3.8, 4) is 22.9 Å². The number of rotatable bonds is 6. The molecule has 1 heterocycles. The maximum atomic E-state index is 14.3. The van der Waals surface area contributed by atoms with E-state index in [2.05, 4.69) is 9.84 Å². The van der Waals surface area contributed by atoms with Crippen molar-refractivity contribution in [1.82, 2.24) is 9.78 Å². The SMILES string of the molecule is CCC(F)C(=O)Oc1cc(-c2nn(C)c(OC(F)F)c2Cl)c(F)cc1Cl. The Kier molecular flexibility index (Phi) is 6.35. The molecule has 0 aliphatic rings. The molecule has 5 nitrogen and oxygen atoms in total. The van der Waals surface area contributed by atoms with Crippen LogP contribution in [0.3, 0.4) is 0 Å². The van der Waals surface area contributed by atoms with Gasteiger partial charge in [0.2, 0.25) is 5.88 Å². The van der Waals surface area contributed by atoms with Gasteiger partial charge in [-0.25, -0.2) is 18.3 Å². The Morgan fingerprint density at radius 1 is 1.31 bits per heavy atom. The number of benzene rings is 1. The van der Waals surface area contributed by atoms with Gasteiger partial charge in [-0.05, 0) is 18.6 Å². The molecule has 1 unspecified atom stereocenters. The van der Waals surface area contributed by atoms with Crippen LogP contribution in [0.25, 0.3) is 11.3 Å². The molecule has 1 aromatic heterocycles. The summed E-state index contributed by atoms with van der Waals surface area (Å²) in [5, 5.41) is 3.15. The molecule has 0 radical (unpaired) electrons. The number of hydrogen-bond acceptors (Lipinski definition) is 4. The zero-order chi connectivity index (χ0) is 19.6. The highest BCUT2D eigenvalue weighted by Gasteiger charge is 2.25. The third-order valence-electron chi connectivity index (χ3n) is 3.24. The maximum Gasteiger partial charge on any atom is 0.388 e. The Balaban J connectivity index is 2.48. The average Bonchev–Trinajstić information content (AvgIpc) is 2.84. The number of hydrogen-bond donors (Lipinski definition) is 0. The first-order valence-corrected chi connectivity index (χ1v) is 7.93. The summed E-state index contributed by atoms with van der Waals surface area (Å²) in [4.78, 5) is 11.6. The molecule has 0 amide bonds. The second kappa shape index (κ2) is 8.13. The van der Waals surface area contributed by atoms with Crippen LogP contribution in [0.15, 0.2) is 12.1 Å². The fraction of sp³-hybridized carbons (Fsp3) is 0.333. The van der Waals surface area contributed by atoms with Crippen molar-refractivity contribution in [3.05, 3.63) is 28.0 Å². The molecule has 0 fully saturated rings. The summed E-state index contributed by atoms with van der Waals surface area (Å²) >= 11 is 11.7. The summed E-state index contributed by atoms with van der Waals surface area (Å²) in [5.41, 5.74) is -0.544. The van der Waals surface area contributed by atoms with E-state index in [0.717, 1.165) is 16.8 Å². The molecule has 0 aliphatic heterocycles. The molecule has 0 N–H and O–H groups in total. The molecule has 1 aromatic carbocycles. The van der Waals surface area contributed by atoms with Gasteiger partial charge >= 0.3 is 12.6 Å². The first-order valence-electron chi connectivity index (χ1n) is 7.18. The second-order valence-corrected chi connectivity index (χ2v) is 5.81. The van der Waals surface area contributed by atoms with Gasteiger partial charge in [0.1, 0.15) is 22.3 Å². The molecule has 26 heavy (non-hydrogen) atoms. The lowest BCUT2D eigenvalue weighted by Gasteiger charge is -2.10. The van der Waals surface area contributed by atoms with Crippen molar-refractivity contribution < 1.29 is 31.8 Å². The molecule has 0 saturated heterocycles. The van der Waals surface area contributed by atoms with Gasteiger partial charge in [-0.3, -0.25) is 0 Å².